The fourth-order valence-corrected chi connectivity index (χ4v) is 1.24. The molecule has 0 aliphatic rings. The monoisotopic (exact) mass is 194 g/mol. The number of benzene rings is 1. The quantitative estimate of drug-likeness (QED) is 0.675. The molecule has 1 nitrogen and oxygen atoms in total. The molecule has 0 aliphatic heterocycles. The van der Waals surface area contributed by atoms with Crippen molar-refractivity contribution in [3.05, 3.63) is 35.4 Å². The maximum Gasteiger partial charge on any atom is 0.159 e. The van der Waals surface area contributed by atoms with Gasteiger partial charge in [-0.15, -0.1) is 0 Å². The highest BCUT2D eigenvalue weighted by atomic mass is 19.1. The largest absolute Gasteiger partial charge is 0.295 e. The van der Waals surface area contributed by atoms with Gasteiger partial charge in [0.05, 0.1) is 6.67 Å². The van der Waals surface area contributed by atoms with Gasteiger partial charge in [-0.25, -0.2) is 0 Å². The summed E-state index contributed by atoms with van der Waals surface area (Å²) < 4.78 is 12.7. The van der Waals surface area contributed by atoms with E-state index >= 15 is 0 Å². The molecule has 0 spiro atoms. The Balaban J connectivity index is 3.12. The van der Waals surface area contributed by atoms with E-state index in [1.165, 1.54) is 6.92 Å². The third kappa shape index (κ3) is 2.19. The average molecular weight is 194 g/mol. The molecular formula is C12H15FO. The van der Waals surface area contributed by atoms with Crippen molar-refractivity contribution >= 4 is 5.78 Å². The van der Waals surface area contributed by atoms with Crippen LogP contribution in [0.4, 0.5) is 4.39 Å². The fourth-order valence-electron chi connectivity index (χ4n) is 1.24. The lowest BCUT2D eigenvalue weighted by Crippen LogP contribution is -2.19. The Morgan fingerprint density at radius 3 is 2.57 bits per heavy atom. The van der Waals surface area contributed by atoms with Crippen molar-refractivity contribution in [2.24, 2.45) is 0 Å². The molecule has 0 bridgehead atoms. The summed E-state index contributed by atoms with van der Waals surface area (Å²) in [6.07, 6.45) is 0. The van der Waals surface area contributed by atoms with Crippen LogP contribution in [0.5, 0.6) is 0 Å². The Hall–Kier alpha value is -1.18. The highest BCUT2D eigenvalue weighted by Crippen LogP contribution is 2.24. The first kappa shape index (κ1) is 10.9. The van der Waals surface area contributed by atoms with E-state index in [1.54, 1.807) is 18.2 Å². The van der Waals surface area contributed by atoms with E-state index in [2.05, 4.69) is 0 Å². The molecule has 0 aliphatic carbocycles. The molecule has 2 heteroatoms. The van der Waals surface area contributed by atoms with Crippen LogP contribution in [0.15, 0.2) is 24.3 Å². The first-order valence-corrected chi connectivity index (χ1v) is 4.65. The minimum atomic E-state index is -0.508. The molecule has 0 aromatic heterocycles. The predicted molar refractivity (Wildman–Crippen MR) is 55.4 cm³/mol. The van der Waals surface area contributed by atoms with Crippen molar-refractivity contribution in [1.82, 2.24) is 0 Å². The maximum atomic E-state index is 12.7. The van der Waals surface area contributed by atoms with Gasteiger partial charge >= 0.3 is 0 Å². The standard InChI is InChI=1S/C12H15FO/c1-9(14)10-5-4-6-11(7-10)12(2,3)8-13/h4-7H,8H2,1-3H3. The molecule has 1 rings (SSSR count). The van der Waals surface area contributed by atoms with Crippen LogP contribution in [0.2, 0.25) is 0 Å². The van der Waals surface area contributed by atoms with Crippen LogP contribution < -0.4 is 0 Å². The summed E-state index contributed by atoms with van der Waals surface area (Å²) in [5.74, 6) is 0.0153. The number of hydrogen-bond donors (Lipinski definition) is 0. The zero-order valence-corrected chi connectivity index (χ0v) is 8.80. The number of Topliss-reactive ketones (excluding diaryl/α,β-unsaturated/α-hetero) is 1. The first-order chi connectivity index (χ1) is 6.47. The van der Waals surface area contributed by atoms with Gasteiger partial charge in [-0.05, 0) is 18.6 Å². The van der Waals surface area contributed by atoms with Gasteiger partial charge in [-0.3, -0.25) is 9.18 Å². The summed E-state index contributed by atoms with van der Waals surface area (Å²) >= 11 is 0. The molecule has 0 unspecified atom stereocenters. The lowest BCUT2D eigenvalue weighted by Gasteiger charge is -2.21. The number of hydrogen-bond acceptors (Lipinski definition) is 1. The molecule has 0 saturated carbocycles. The Morgan fingerprint density at radius 1 is 1.43 bits per heavy atom. The number of carbonyl (C=O) groups excluding carboxylic acids is 1. The minimum Gasteiger partial charge on any atom is -0.295 e. The summed E-state index contributed by atoms with van der Waals surface area (Å²) in [7, 11) is 0. The molecular weight excluding hydrogens is 179 g/mol. The van der Waals surface area contributed by atoms with Gasteiger partial charge < -0.3 is 0 Å². The van der Waals surface area contributed by atoms with Gasteiger partial charge in [-0.2, -0.15) is 0 Å². The lowest BCUT2D eigenvalue weighted by molar-refractivity contribution is 0.101. The number of rotatable bonds is 3. The summed E-state index contributed by atoms with van der Waals surface area (Å²) in [6.45, 7) is 4.74. The molecule has 0 N–H and O–H groups in total. The highest BCUT2D eigenvalue weighted by molar-refractivity contribution is 5.94. The van der Waals surface area contributed by atoms with Crippen LogP contribution >= 0.6 is 0 Å². The van der Waals surface area contributed by atoms with Crippen molar-refractivity contribution in [3.8, 4) is 0 Å². The summed E-state index contributed by atoms with van der Waals surface area (Å²) in [4.78, 5) is 11.1. The molecule has 76 valence electrons. The van der Waals surface area contributed by atoms with Gasteiger partial charge in [0.2, 0.25) is 0 Å². The SMILES string of the molecule is CC(=O)c1cccc(C(C)(C)CF)c1. The molecule has 0 amide bonds. The van der Waals surface area contributed by atoms with Crippen molar-refractivity contribution < 1.29 is 9.18 Å². The van der Waals surface area contributed by atoms with E-state index in [0.717, 1.165) is 5.56 Å². The van der Waals surface area contributed by atoms with Gasteiger partial charge in [0.15, 0.2) is 5.78 Å². The van der Waals surface area contributed by atoms with Crippen LogP contribution in [0.3, 0.4) is 0 Å². The van der Waals surface area contributed by atoms with Gasteiger partial charge in [0, 0.05) is 11.0 Å². The summed E-state index contributed by atoms with van der Waals surface area (Å²) in [5, 5.41) is 0. The lowest BCUT2D eigenvalue weighted by atomic mass is 9.85. The van der Waals surface area contributed by atoms with E-state index in [-0.39, 0.29) is 5.78 Å². The fraction of sp³-hybridized carbons (Fsp3) is 0.417. The molecule has 0 atom stereocenters. The topological polar surface area (TPSA) is 17.1 Å². The zero-order valence-electron chi connectivity index (χ0n) is 8.80. The van der Waals surface area contributed by atoms with Gasteiger partial charge in [-0.1, -0.05) is 32.0 Å². The Bertz CT molecular complexity index is 342. The van der Waals surface area contributed by atoms with Gasteiger partial charge in [0.1, 0.15) is 0 Å². The molecule has 1 aromatic carbocycles. The second-order valence-electron chi connectivity index (χ2n) is 4.15. The van der Waals surface area contributed by atoms with E-state index in [1.807, 2.05) is 19.9 Å². The number of carbonyl (C=O) groups is 1. The van der Waals surface area contributed by atoms with E-state index < -0.39 is 12.1 Å². The highest BCUT2D eigenvalue weighted by Gasteiger charge is 2.20. The van der Waals surface area contributed by atoms with Crippen LogP contribution in [-0.2, 0) is 5.41 Å². The molecule has 14 heavy (non-hydrogen) atoms. The smallest absolute Gasteiger partial charge is 0.159 e. The van der Waals surface area contributed by atoms with E-state index in [4.69, 9.17) is 0 Å². The second kappa shape index (κ2) is 3.91. The molecule has 0 heterocycles. The van der Waals surface area contributed by atoms with Crippen LogP contribution in [0.1, 0.15) is 36.7 Å². The molecule has 0 radical (unpaired) electrons. The minimum absolute atomic E-state index is 0.0153. The van der Waals surface area contributed by atoms with Crippen LogP contribution in [0.25, 0.3) is 0 Å². The van der Waals surface area contributed by atoms with Crippen molar-refractivity contribution in [3.63, 3.8) is 0 Å². The Morgan fingerprint density at radius 2 is 2.07 bits per heavy atom. The predicted octanol–water partition coefficient (Wildman–Crippen LogP) is 3.14. The van der Waals surface area contributed by atoms with Crippen LogP contribution in [-0.4, -0.2) is 12.5 Å². The van der Waals surface area contributed by atoms with Crippen LogP contribution in [0, 0.1) is 0 Å². The summed E-state index contributed by atoms with van der Waals surface area (Å²) in [6, 6.07) is 7.16. The number of ketones is 1. The van der Waals surface area contributed by atoms with E-state index in [9.17, 15) is 9.18 Å². The number of alkyl halides is 1. The Kier molecular flexibility index (Phi) is 3.04. The first-order valence-electron chi connectivity index (χ1n) is 4.65. The average Bonchev–Trinajstić information content (AvgIpc) is 2.18. The third-order valence-corrected chi connectivity index (χ3v) is 2.38. The van der Waals surface area contributed by atoms with E-state index in [0.29, 0.717) is 5.56 Å². The molecule has 0 fully saturated rings. The normalized spacial score (nSPS) is 11.4. The number of halogens is 1. The molecule has 1 aromatic rings. The third-order valence-electron chi connectivity index (χ3n) is 2.38. The molecule has 0 saturated heterocycles. The van der Waals surface area contributed by atoms with Crippen molar-refractivity contribution in [2.45, 2.75) is 26.2 Å². The van der Waals surface area contributed by atoms with Crippen molar-refractivity contribution in [2.75, 3.05) is 6.67 Å². The van der Waals surface area contributed by atoms with Gasteiger partial charge in [0.25, 0.3) is 0 Å². The zero-order chi connectivity index (χ0) is 10.8. The summed E-state index contributed by atoms with van der Waals surface area (Å²) in [5.41, 5.74) is 1.00. The maximum absolute atomic E-state index is 12.7. The van der Waals surface area contributed by atoms with Crippen molar-refractivity contribution in [1.29, 1.82) is 0 Å². The second-order valence-corrected chi connectivity index (χ2v) is 4.15. The Labute approximate surface area is 83.9 Å².